The van der Waals surface area contributed by atoms with Gasteiger partial charge in [0.05, 0.1) is 12.2 Å². The molecule has 1 aromatic rings. The summed E-state index contributed by atoms with van der Waals surface area (Å²) in [6, 6.07) is 5.18. The van der Waals surface area contributed by atoms with E-state index in [1.54, 1.807) is 18.2 Å². The van der Waals surface area contributed by atoms with Crippen molar-refractivity contribution in [1.82, 2.24) is 0 Å². The second kappa shape index (κ2) is 5.87. The molecule has 0 bridgehead atoms. The molecular formula is C13H14O2. The molecule has 0 unspecified atom stereocenters. The first-order valence-corrected chi connectivity index (χ1v) is 5.00. The van der Waals surface area contributed by atoms with Crippen LogP contribution in [0, 0.1) is 12.3 Å². The number of unbranched alkanes of at least 4 members (excludes halogenated alkanes) is 1. The lowest BCUT2D eigenvalue weighted by Gasteiger charge is -2.07. The van der Waals surface area contributed by atoms with Gasteiger partial charge < -0.3 is 4.74 Å². The van der Waals surface area contributed by atoms with E-state index in [0.29, 0.717) is 23.5 Å². The molecule has 1 aromatic carbocycles. The van der Waals surface area contributed by atoms with Crippen molar-refractivity contribution in [2.75, 3.05) is 6.61 Å². The van der Waals surface area contributed by atoms with Gasteiger partial charge in [-0.05, 0) is 24.6 Å². The number of terminal acetylenes is 1. The van der Waals surface area contributed by atoms with Gasteiger partial charge in [0.1, 0.15) is 5.75 Å². The summed E-state index contributed by atoms with van der Waals surface area (Å²) in [6.07, 6.45) is 8.05. The fourth-order valence-electron chi connectivity index (χ4n) is 1.19. The zero-order valence-corrected chi connectivity index (χ0v) is 8.82. The van der Waals surface area contributed by atoms with Gasteiger partial charge in [-0.2, -0.15) is 0 Å². The summed E-state index contributed by atoms with van der Waals surface area (Å²) in [7, 11) is 0. The maximum absolute atomic E-state index is 10.8. The van der Waals surface area contributed by atoms with Crippen molar-refractivity contribution in [2.24, 2.45) is 0 Å². The Morgan fingerprint density at radius 2 is 2.33 bits per heavy atom. The molecule has 0 heterocycles. The van der Waals surface area contributed by atoms with Gasteiger partial charge in [-0.3, -0.25) is 4.79 Å². The number of carbonyl (C=O) groups is 1. The molecular weight excluding hydrogens is 188 g/mol. The number of hydrogen-bond donors (Lipinski definition) is 0. The normalized spacial score (nSPS) is 9.33. The highest BCUT2D eigenvalue weighted by molar-refractivity contribution is 5.80. The zero-order valence-electron chi connectivity index (χ0n) is 8.82. The van der Waals surface area contributed by atoms with Crippen LogP contribution >= 0.6 is 0 Å². The van der Waals surface area contributed by atoms with Gasteiger partial charge in [0.25, 0.3) is 0 Å². The lowest BCUT2D eigenvalue weighted by atomic mass is 10.1. The third kappa shape index (κ3) is 3.14. The minimum Gasteiger partial charge on any atom is -0.493 e. The van der Waals surface area contributed by atoms with E-state index in [-0.39, 0.29) is 0 Å². The van der Waals surface area contributed by atoms with Gasteiger partial charge in [-0.25, -0.2) is 0 Å². The average Bonchev–Trinajstić information content (AvgIpc) is 2.29. The number of ether oxygens (including phenoxy) is 1. The highest BCUT2D eigenvalue weighted by Gasteiger charge is 2.03. The largest absolute Gasteiger partial charge is 0.493 e. The van der Waals surface area contributed by atoms with Crippen molar-refractivity contribution in [3.8, 4) is 18.1 Å². The summed E-state index contributed by atoms with van der Waals surface area (Å²) in [5, 5.41) is 0. The predicted molar refractivity (Wildman–Crippen MR) is 60.2 cm³/mol. The average molecular weight is 202 g/mol. The van der Waals surface area contributed by atoms with Crippen molar-refractivity contribution in [3.63, 3.8) is 0 Å². The maximum atomic E-state index is 10.8. The number of rotatable bonds is 5. The Kier molecular flexibility index (Phi) is 4.43. The van der Waals surface area contributed by atoms with E-state index in [1.165, 1.54) is 0 Å². The Hall–Kier alpha value is -1.75. The highest BCUT2D eigenvalue weighted by Crippen LogP contribution is 2.18. The van der Waals surface area contributed by atoms with Crippen LogP contribution in [0.15, 0.2) is 18.2 Å². The molecule has 0 N–H and O–H groups in total. The van der Waals surface area contributed by atoms with Gasteiger partial charge in [-0.15, -0.1) is 6.42 Å². The van der Waals surface area contributed by atoms with Crippen molar-refractivity contribution < 1.29 is 9.53 Å². The molecule has 0 fully saturated rings. The molecule has 0 atom stereocenters. The molecule has 0 saturated carbocycles. The van der Waals surface area contributed by atoms with E-state index in [0.717, 1.165) is 19.1 Å². The first-order valence-electron chi connectivity index (χ1n) is 5.00. The van der Waals surface area contributed by atoms with Crippen LogP contribution in [0.3, 0.4) is 0 Å². The summed E-state index contributed by atoms with van der Waals surface area (Å²) < 4.78 is 5.47. The van der Waals surface area contributed by atoms with Gasteiger partial charge in [0, 0.05) is 5.56 Å². The number of carbonyl (C=O) groups excluding carboxylic acids is 1. The van der Waals surface area contributed by atoms with E-state index in [4.69, 9.17) is 11.2 Å². The lowest BCUT2D eigenvalue weighted by Crippen LogP contribution is -1.99. The van der Waals surface area contributed by atoms with E-state index < -0.39 is 0 Å². The van der Waals surface area contributed by atoms with Crippen molar-refractivity contribution in [3.05, 3.63) is 29.3 Å². The fraction of sp³-hybridized carbons (Fsp3) is 0.308. The first kappa shape index (κ1) is 11.3. The van der Waals surface area contributed by atoms with Gasteiger partial charge >= 0.3 is 0 Å². The second-order valence-electron chi connectivity index (χ2n) is 3.22. The zero-order chi connectivity index (χ0) is 11.1. The molecule has 0 aliphatic carbocycles. The van der Waals surface area contributed by atoms with Crippen molar-refractivity contribution in [2.45, 2.75) is 19.8 Å². The Morgan fingerprint density at radius 1 is 1.53 bits per heavy atom. The molecule has 2 heteroatoms. The highest BCUT2D eigenvalue weighted by atomic mass is 16.5. The smallest absolute Gasteiger partial charge is 0.153 e. The SMILES string of the molecule is C#Cc1ccc(OCCCC)c(C=O)c1. The third-order valence-electron chi connectivity index (χ3n) is 2.06. The Balaban J connectivity index is 2.79. The van der Waals surface area contributed by atoms with Crippen LogP contribution < -0.4 is 4.74 Å². The molecule has 0 aromatic heterocycles. The molecule has 0 amide bonds. The monoisotopic (exact) mass is 202 g/mol. The summed E-state index contributed by atoms with van der Waals surface area (Å²) in [5.74, 6) is 3.09. The van der Waals surface area contributed by atoms with E-state index in [9.17, 15) is 4.79 Å². The minimum absolute atomic E-state index is 0.515. The molecule has 0 spiro atoms. The number of hydrogen-bond acceptors (Lipinski definition) is 2. The third-order valence-corrected chi connectivity index (χ3v) is 2.06. The van der Waals surface area contributed by atoms with Crippen LogP contribution in [0.5, 0.6) is 5.75 Å². The fourth-order valence-corrected chi connectivity index (χ4v) is 1.19. The first-order chi connectivity index (χ1) is 7.31. The summed E-state index contributed by atoms with van der Waals surface area (Å²) in [4.78, 5) is 10.8. The molecule has 2 nitrogen and oxygen atoms in total. The number of benzene rings is 1. The van der Waals surface area contributed by atoms with E-state index in [2.05, 4.69) is 12.8 Å². The second-order valence-corrected chi connectivity index (χ2v) is 3.22. The van der Waals surface area contributed by atoms with Crippen LogP contribution in [0.2, 0.25) is 0 Å². The molecule has 0 aliphatic heterocycles. The quantitative estimate of drug-likeness (QED) is 0.417. The van der Waals surface area contributed by atoms with Gasteiger partial charge in [0.2, 0.25) is 0 Å². The van der Waals surface area contributed by atoms with Crippen LogP contribution in [0.1, 0.15) is 35.7 Å². The predicted octanol–water partition coefficient (Wildman–Crippen LogP) is 2.66. The van der Waals surface area contributed by atoms with Gasteiger partial charge in [0.15, 0.2) is 6.29 Å². The molecule has 0 saturated heterocycles. The summed E-state index contributed by atoms with van der Waals surface area (Å²) >= 11 is 0. The van der Waals surface area contributed by atoms with Crippen LogP contribution in [0.25, 0.3) is 0 Å². The standard InChI is InChI=1S/C13H14O2/c1-3-5-8-15-13-7-6-11(4-2)9-12(13)10-14/h2,6-7,9-10H,3,5,8H2,1H3. The Labute approximate surface area is 90.3 Å². The van der Waals surface area contributed by atoms with Crippen LogP contribution in [-0.4, -0.2) is 12.9 Å². The molecule has 78 valence electrons. The molecule has 15 heavy (non-hydrogen) atoms. The molecule has 1 rings (SSSR count). The molecule has 0 aliphatic rings. The van der Waals surface area contributed by atoms with E-state index >= 15 is 0 Å². The van der Waals surface area contributed by atoms with Crippen molar-refractivity contribution >= 4 is 6.29 Å². The topological polar surface area (TPSA) is 26.3 Å². The van der Waals surface area contributed by atoms with E-state index in [1.807, 2.05) is 0 Å². The lowest BCUT2D eigenvalue weighted by molar-refractivity contribution is 0.111. The van der Waals surface area contributed by atoms with Crippen molar-refractivity contribution in [1.29, 1.82) is 0 Å². The summed E-state index contributed by atoms with van der Waals surface area (Å²) in [6.45, 7) is 2.72. The number of aldehydes is 1. The Bertz CT molecular complexity index is 375. The summed E-state index contributed by atoms with van der Waals surface area (Å²) in [5.41, 5.74) is 1.21. The molecule has 0 radical (unpaired) electrons. The van der Waals surface area contributed by atoms with Crippen LogP contribution in [-0.2, 0) is 0 Å². The van der Waals surface area contributed by atoms with Crippen LogP contribution in [0.4, 0.5) is 0 Å². The van der Waals surface area contributed by atoms with Gasteiger partial charge in [-0.1, -0.05) is 19.3 Å². The minimum atomic E-state index is 0.515. The maximum Gasteiger partial charge on any atom is 0.153 e. The Morgan fingerprint density at radius 3 is 2.93 bits per heavy atom.